The first kappa shape index (κ1) is 20.8. The lowest BCUT2D eigenvalue weighted by Crippen LogP contribution is -2.64. The molecule has 150 valence electrons. The number of fused-ring (bicyclic) bond motifs is 2. The highest BCUT2D eigenvalue weighted by molar-refractivity contribution is 6.74. The van der Waals surface area contributed by atoms with E-state index in [1.165, 1.54) is 0 Å². The van der Waals surface area contributed by atoms with Crippen molar-refractivity contribution >= 4 is 8.32 Å². The van der Waals surface area contributed by atoms with Crippen LogP contribution in [-0.4, -0.2) is 30.7 Å². The van der Waals surface area contributed by atoms with Gasteiger partial charge in [0.25, 0.3) is 0 Å². The molecule has 3 fully saturated rings. The standard InChI is InChI=1S/C23H36O3Si/c1-22(2,3)27(6,7)26-21-18-14-17(23(18,4)5)16(20(21)25)13-19(24)15-11-9-8-10-12-15/h8-13,17-21,24-25H,14H2,1-7H3/t17-,18+,19-,20+,21+/m0/s1. The smallest absolute Gasteiger partial charge is 0.192 e. The molecule has 27 heavy (non-hydrogen) atoms. The maximum absolute atomic E-state index is 11.2. The van der Waals surface area contributed by atoms with Gasteiger partial charge in [-0.3, -0.25) is 0 Å². The summed E-state index contributed by atoms with van der Waals surface area (Å²) in [4.78, 5) is 0. The van der Waals surface area contributed by atoms with Crippen molar-refractivity contribution in [2.75, 3.05) is 0 Å². The van der Waals surface area contributed by atoms with Crippen molar-refractivity contribution < 1.29 is 14.6 Å². The monoisotopic (exact) mass is 388 g/mol. The van der Waals surface area contributed by atoms with E-state index in [2.05, 4.69) is 47.7 Å². The molecule has 0 aromatic heterocycles. The molecule has 0 aliphatic heterocycles. The second kappa shape index (κ2) is 6.84. The average molecular weight is 389 g/mol. The maximum Gasteiger partial charge on any atom is 0.192 e. The van der Waals surface area contributed by atoms with Gasteiger partial charge in [-0.15, -0.1) is 0 Å². The first-order valence-corrected chi connectivity index (χ1v) is 13.1. The first-order chi connectivity index (χ1) is 12.4. The van der Waals surface area contributed by atoms with Gasteiger partial charge in [0.05, 0.1) is 12.2 Å². The summed E-state index contributed by atoms with van der Waals surface area (Å²) in [6.45, 7) is 15.8. The summed E-state index contributed by atoms with van der Waals surface area (Å²) in [5.41, 5.74) is 1.91. The molecule has 0 unspecified atom stereocenters. The molecule has 0 saturated heterocycles. The quantitative estimate of drug-likeness (QED) is 0.559. The molecule has 2 N–H and O–H groups in total. The van der Waals surface area contributed by atoms with Crippen LogP contribution >= 0.6 is 0 Å². The molecular formula is C23H36O3Si. The Morgan fingerprint density at radius 3 is 2.30 bits per heavy atom. The largest absolute Gasteiger partial charge is 0.411 e. The number of hydrogen-bond donors (Lipinski definition) is 2. The molecule has 3 aliphatic carbocycles. The summed E-state index contributed by atoms with van der Waals surface area (Å²) < 4.78 is 6.73. The van der Waals surface area contributed by atoms with Crippen molar-refractivity contribution in [3.05, 3.63) is 47.5 Å². The summed E-state index contributed by atoms with van der Waals surface area (Å²) in [6, 6.07) is 9.66. The molecule has 1 aromatic carbocycles. The van der Waals surface area contributed by atoms with Gasteiger partial charge in [0.15, 0.2) is 8.32 Å². The lowest BCUT2D eigenvalue weighted by Gasteiger charge is -2.63. The lowest BCUT2D eigenvalue weighted by molar-refractivity contribution is -0.151. The van der Waals surface area contributed by atoms with Crippen LogP contribution in [0.5, 0.6) is 0 Å². The molecule has 0 amide bonds. The van der Waals surface area contributed by atoms with Crippen LogP contribution in [0.15, 0.2) is 42.0 Å². The van der Waals surface area contributed by atoms with Crippen molar-refractivity contribution in [2.45, 2.75) is 77.5 Å². The zero-order chi connectivity index (χ0) is 20.2. The highest BCUT2D eigenvalue weighted by Gasteiger charge is 2.61. The van der Waals surface area contributed by atoms with Gasteiger partial charge in [0.1, 0.15) is 6.10 Å². The zero-order valence-corrected chi connectivity index (χ0v) is 18.9. The van der Waals surface area contributed by atoms with Gasteiger partial charge in [-0.05, 0) is 59.0 Å². The Balaban J connectivity index is 1.91. The van der Waals surface area contributed by atoms with E-state index in [0.29, 0.717) is 11.8 Å². The van der Waals surface area contributed by atoms with E-state index in [0.717, 1.165) is 17.6 Å². The van der Waals surface area contributed by atoms with Gasteiger partial charge >= 0.3 is 0 Å². The minimum absolute atomic E-state index is 0.0918. The Morgan fingerprint density at radius 2 is 1.78 bits per heavy atom. The number of aliphatic hydroxyl groups is 2. The molecule has 3 saturated carbocycles. The Kier molecular flexibility index (Phi) is 5.26. The van der Waals surface area contributed by atoms with E-state index in [4.69, 9.17) is 4.43 Å². The van der Waals surface area contributed by atoms with Crippen molar-refractivity contribution in [3.63, 3.8) is 0 Å². The van der Waals surface area contributed by atoms with Gasteiger partial charge in [0.2, 0.25) is 0 Å². The predicted molar refractivity (Wildman–Crippen MR) is 113 cm³/mol. The van der Waals surface area contributed by atoms with Crippen molar-refractivity contribution in [1.29, 1.82) is 0 Å². The molecular weight excluding hydrogens is 352 g/mol. The van der Waals surface area contributed by atoms with Crippen molar-refractivity contribution in [2.24, 2.45) is 17.3 Å². The second-order valence-corrected chi connectivity index (χ2v) is 15.3. The normalized spacial score (nSPS) is 32.9. The Hall–Kier alpha value is -0.943. The fourth-order valence-corrected chi connectivity index (χ4v) is 5.83. The molecule has 1 aromatic rings. The second-order valence-electron chi connectivity index (χ2n) is 10.5. The highest BCUT2D eigenvalue weighted by Crippen LogP contribution is 2.62. The molecule has 4 rings (SSSR count). The third-order valence-corrected chi connectivity index (χ3v) is 12.0. The summed E-state index contributed by atoms with van der Waals surface area (Å²) in [5.74, 6) is 0.688. The molecule has 4 heteroatoms. The molecule has 0 spiro atoms. The molecule has 3 aliphatic rings. The summed E-state index contributed by atoms with van der Waals surface area (Å²) in [7, 11) is -2.00. The van der Waals surface area contributed by atoms with Crippen LogP contribution in [-0.2, 0) is 4.43 Å². The van der Waals surface area contributed by atoms with E-state index < -0.39 is 20.5 Å². The Labute approximate surface area is 165 Å². The van der Waals surface area contributed by atoms with Crippen LogP contribution in [0.2, 0.25) is 18.1 Å². The third kappa shape index (κ3) is 3.57. The molecule has 0 heterocycles. The van der Waals surface area contributed by atoms with Crippen LogP contribution in [0.25, 0.3) is 0 Å². The van der Waals surface area contributed by atoms with E-state index in [-0.39, 0.29) is 16.6 Å². The van der Waals surface area contributed by atoms with Gasteiger partial charge in [0, 0.05) is 0 Å². The molecule has 2 bridgehead atoms. The Morgan fingerprint density at radius 1 is 1.19 bits per heavy atom. The minimum atomic E-state index is -2.00. The van der Waals surface area contributed by atoms with Gasteiger partial charge in [-0.1, -0.05) is 65.0 Å². The number of rotatable bonds is 4. The molecule has 3 nitrogen and oxygen atoms in total. The van der Waals surface area contributed by atoms with Crippen LogP contribution in [0.1, 0.15) is 52.7 Å². The third-order valence-electron chi connectivity index (χ3n) is 7.52. The average Bonchev–Trinajstić information content (AvgIpc) is 2.57. The SMILES string of the molecule is CC1(C)[C@@H]2C[C@H]1C(=C[C@H](O)c1ccccc1)[C@@H](O)[C@@H]2O[Si](C)(C)C(C)(C)C. The van der Waals surface area contributed by atoms with Crippen LogP contribution < -0.4 is 0 Å². The minimum Gasteiger partial charge on any atom is -0.411 e. The number of aliphatic hydroxyl groups excluding tert-OH is 2. The van der Waals surface area contributed by atoms with Crippen LogP contribution in [0, 0.1) is 17.3 Å². The van der Waals surface area contributed by atoms with Crippen molar-refractivity contribution in [1.82, 2.24) is 0 Å². The lowest BCUT2D eigenvalue weighted by atomic mass is 9.45. The maximum atomic E-state index is 11.2. The first-order valence-electron chi connectivity index (χ1n) is 10.2. The zero-order valence-electron chi connectivity index (χ0n) is 17.9. The van der Waals surface area contributed by atoms with E-state index in [1.54, 1.807) is 0 Å². The number of hydrogen-bond acceptors (Lipinski definition) is 3. The topological polar surface area (TPSA) is 49.7 Å². The van der Waals surface area contributed by atoms with Gasteiger partial charge < -0.3 is 14.6 Å². The highest BCUT2D eigenvalue weighted by atomic mass is 28.4. The molecule has 0 radical (unpaired) electrons. The fourth-order valence-electron chi connectivity index (χ4n) is 4.51. The van der Waals surface area contributed by atoms with E-state index in [1.807, 2.05) is 36.4 Å². The van der Waals surface area contributed by atoms with Crippen molar-refractivity contribution in [3.8, 4) is 0 Å². The van der Waals surface area contributed by atoms with E-state index in [9.17, 15) is 10.2 Å². The van der Waals surface area contributed by atoms with Crippen LogP contribution in [0.3, 0.4) is 0 Å². The van der Waals surface area contributed by atoms with E-state index >= 15 is 0 Å². The summed E-state index contributed by atoms with van der Waals surface area (Å²) >= 11 is 0. The van der Waals surface area contributed by atoms with Gasteiger partial charge in [-0.25, -0.2) is 0 Å². The predicted octanol–water partition coefficient (Wildman–Crippen LogP) is 5.07. The summed E-state index contributed by atoms with van der Waals surface area (Å²) in [6.07, 6.45) is 1.41. The van der Waals surface area contributed by atoms with Crippen LogP contribution in [0.4, 0.5) is 0 Å². The molecule has 5 atom stereocenters. The Bertz CT molecular complexity index is 702. The fraction of sp³-hybridized carbons (Fsp3) is 0.652. The van der Waals surface area contributed by atoms with Gasteiger partial charge in [-0.2, -0.15) is 0 Å². The summed E-state index contributed by atoms with van der Waals surface area (Å²) in [5, 5.41) is 22.0. The number of benzene rings is 1.